The number of nitrogens with one attached hydrogen (secondary N) is 3. The normalized spacial score (nSPS) is 13.0. The summed E-state index contributed by atoms with van der Waals surface area (Å²) in [5.41, 5.74) is 1.89. The van der Waals surface area contributed by atoms with Crippen molar-refractivity contribution in [1.29, 1.82) is 0 Å². The Morgan fingerprint density at radius 2 is 1.88 bits per heavy atom. The van der Waals surface area contributed by atoms with E-state index < -0.39 is 0 Å². The maximum absolute atomic E-state index is 11.9. The molecule has 0 bridgehead atoms. The first-order chi connectivity index (χ1) is 11.8. The number of benzene rings is 1. The number of hydrogen-bond donors (Lipinski definition) is 3. The summed E-state index contributed by atoms with van der Waals surface area (Å²) in [6.45, 7) is 14.0. The molecule has 140 valence electrons. The first-order valence-electron chi connectivity index (χ1n) is 9.25. The molecule has 0 saturated carbocycles. The fraction of sp³-hybridized carbons (Fsp3) is 0.600. The summed E-state index contributed by atoms with van der Waals surface area (Å²) in [5.74, 6) is 1.75. The van der Waals surface area contributed by atoms with Crippen LogP contribution in [0, 0.1) is 11.8 Å². The smallest absolute Gasteiger partial charge is 0.224 e. The average Bonchev–Trinajstić information content (AvgIpc) is 2.52. The van der Waals surface area contributed by atoms with Crippen LogP contribution < -0.4 is 16.0 Å². The number of anilines is 1. The van der Waals surface area contributed by atoms with E-state index in [2.05, 4.69) is 48.6 Å². The maximum Gasteiger partial charge on any atom is 0.224 e. The van der Waals surface area contributed by atoms with Crippen LogP contribution in [0.3, 0.4) is 0 Å². The molecule has 0 aromatic heterocycles. The number of carbonyl (C=O) groups is 1. The fourth-order valence-corrected chi connectivity index (χ4v) is 2.20. The third-order valence-corrected chi connectivity index (χ3v) is 3.93. The Morgan fingerprint density at radius 1 is 1.16 bits per heavy atom. The van der Waals surface area contributed by atoms with Crippen LogP contribution in [-0.4, -0.2) is 24.5 Å². The molecule has 0 heterocycles. The Labute approximate surface area is 152 Å². The first kappa shape index (κ1) is 21.0. The minimum Gasteiger partial charge on any atom is -0.357 e. The quantitative estimate of drug-likeness (QED) is 0.496. The van der Waals surface area contributed by atoms with Crippen molar-refractivity contribution >= 4 is 17.6 Å². The number of aliphatic imine (C=N–C) groups is 1. The highest BCUT2D eigenvalue weighted by molar-refractivity contribution is 5.90. The van der Waals surface area contributed by atoms with E-state index in [1.807, 2.05) is 38.1 Å². The van der Waals surface area contributed by atoms with Gasteiger partial charge in [0.15, 0.2) is 5.96 Å². The molecule has 1 aromatic carbocycles. The molecule has 0 radical (unpaired) electrons. The second kappa shape index (κ2) is 10.7. The molecule has 0 saturated heterocycles. The van der Waals surface area contributed by atoms with Crippen LogP contribution in [0.25, 0.3) is 0 Å². The van der Waals surface area contributed by atoms with Crippen LogP contribution in [-0.2, 0) is 11.3 Å². The summed E-state index contributed by atoms with van der Waals surface area (Å²) in [6, 6.07) is 8.22. The van der Waals surface area contributed by atoms with Crippen LogP contribution in [0.4, 0.5) is 5.69 Å². The van der Waals surface area contributed by atoms with Crippen molar-refractivity contribution in [2.75, 3.05) is 11.9 Å². The van der Waals surface area contributed by atoms with E-state index in [-0.39, 0.29) is 5.91 Å². The van der Waals surface area contributed by atoms with E-state index in [0.29, 0.717) is 30.8 Å². The highest BCUT2D eigenvalue weighted by atomic mass is 16.1. The van der Waals surface area contributed by atoms with Gasteiger partial charge in [0.05, 0.1) is 6.54 Å². The van der Waals surface area contributed by atoms with E-state index in [9.17, 15) is 4.79 Å². The Bertz CT molecular complexity index is 567. The summed E-state index contributed by atoms with van der Waals surface area (Å²) in [7, 11) is 0. The van der Waals surface area contributed by atoms with Gasteiger partial charge in [-0.3, -0.25) is 4.79 Å². The van der Waals surface area contributed by atoms with Crippen molar-refractivity contribution in [2.24, 2.45) is 16.8 Å². The summed E-state index contributed by atoms with van der Waals surface area (Å²) in [4.78, 5) is 16.6. The summed E-state index contributed by atoms with van der Waals surface area (Å²) < 4.78 is 0. The lowest BCUT2D eigenvalue weighted by atomic mass is 10.1. The zero-order valence-corrected chi connectivity index (χ0v) is 16.5. The number of nitrogens with zero attached hydrogens (tertiary/aromatic N) is 1. The van der Waals surface area contributed by atoms with E-state index in [1.165, 1.54) is 0 Å². The average molecular weight is 347 g/mol. The number of guanidine groups is 1. The van der Waals surface area contributed by atoms with E-state index in [1.54, 1.807) is 0 Å². The number of rotatable bonds is 8. The Hall–Kier alpha value is -2.04. The van der Waals surface area contributed by atoms with Crippen molar-refractivity contribution in [1.82, 2.24) is 10.6 Å². The Morgan fingerprint density at radius 3 is 2.48 bits per heavy atom. The predicted octanol–water partition coefficient (Wildman–Crippen LogP) is 3.77. The molecule has 0 aliphatic heterocycles. The minimum absolute atomic E-state index is 0.0522. The minimum atomic E-state index is 0.0522. The lowest BCUT2D eigenvalue weighted by Crippen LogP contribution is -2.44. The van der Waals surface area contributed by atoms with Crippen molar-refractivity contribution in [3.8, 4) is 0 Å². The van der Waals surface area contributed by atoms with Gasteiger partial charge in [-0.05, 0) is 43.4 Å². The van der Waals surface area contributed by atoms with Crippen LogP contribution >= 0.6 is 0 Å². The standard InChI is InChI=1S/C20H34N4O/c1-7-21-20(23-16(6)15(4)5)22-13-17-9-8-10-18(12-17)24-19(25)11-14(2)3/h8-10,12,14-16H,7,11,13H2,1-6H3,(H,24,25)(H2,21,22,23). The molecule has 0 fully saturated rings. The molecule has 1 aromatic rings. The predicted molar refractivity (Wildman–Crippen MR) is 107 cm³/mol. The number of carbonyl (C=O) groups excluding carboxylic acids is 1. The zero-order chi connectivity index (χ0) is 18.8. The molecule has 1 atom stereocenters. The van der Waals surface area contributed by atoms with Gasteiger partial charge in [-0.25, -0.2) is 4.99 Å². The van der Waals surface area contributed by atoms with Gasteiger partial charge in [0, 0.05) is 24.7 Å². The molecular formula is C20H34N4O. The molecule has 1 unspecified atom stereocenters. The number of hydrogen-bond acceptors (Lipinski definition) is 2. The third kappa shape index (κ3) is 8.57. The van der Waals surface area contributed by atoms with E-state index in [4.69, 9.17) is 0 Å². The maximum atomic E-state index is 11.9. The zero-order valence-electron chi connectivity index (χ0n) is 16.5. The highest BCUT2D eigenvalue weighted by Gasteiger charge is 2.09. The summed E-state index contributed by atoms with van der Waals surface area (Å²) in [6.07, 6.45) is 0.532. The molecule has 0 aliphatic rings. The van der Waals surface area contributed by atoms with Crippen molar-refractivity contribution in [2.45, 2.75) is 60.5 Å². The van der Waals surface area contributed by atoms with Gasteiger partial charge < -0.3 is 16.0 Å². The lowest BCUT2D eigenvalue weighted by Gasteiger charge is -2.20. The second-order valence-electron chi connectivity index (χ2n) is 7.22. The van der Waals surface area contributed by atoms with Crippen molar-refractivity contribution < 1.29 is 4.79 Å². The molecule has 25 heavy (non-hydrogen) atoms. The van der Waals surface area contributed by atoms with Gasteiger partial charge in [0.1, 0.15) is 0 Å². The van der Waals surface area contributed by atoms with E-state index in [0.717, 1.165) is 23.8 Å². The Kier molecular flexibility index (Phi) is 9.03. The number of amides is 1. The monoisotopic (exact) mass is 346 g/mol. The summed E-state index contributed by atoms with van der Waals surface area (Å²) >= 11 is 0. The fourth-order valence-electron chi connectivity index (χ4n) is 2.20. The first-order valence-corrected chi connectivity index (χ1v) is 9.25. The van der Waals surface area contributed by atoms with Crippen LogP contribution in [0.15, 0.2) is 29.3 Å². The molecule has 1 amide bonds. The van der Waals surface area contributed by atoms with Gasteiger partial charge in [-0.15, -0.1) is 0 Å². The van der Waals surface area contributed by atoms with E-state index >= 15 is 0 Å². The van der Waals surface area contributed by atoms with Gasteiger partial charge in [-0.1, -0.05) is 39.8 Å². The summed E-state index contributed by atoms with van der Waals surface area (Å²) in [5, 5.41) is 9.66. The van der Waals surface area contributed by atoms with Gasteiger partial charge in [0.25, 0.3) is 0 Å². The van der Waals surface area contributed by atoms with Crippen LogP contribution in [0.5, 0.6) is 0 Å². The van der Waals surface area contributed by atoms with Crippen molar-refractivity contribution in [3.63, 3.8) is 0 Å². The Balaban J connectivity index is 2.73. The second-order valence-corrected chi connectivity index (χ2v) is 7.22. The third-order valence-electron chi connectivity index (χ3n) is 3.93. The van der Waals surface area contributed by atoms with Gasteiger partial charge in [0.2, 0.25) is 5.91 Å². The largest absolute Gasteiger partial charge is 0.357 e. The molecular weight excluding hydrogens is 312 g/mol. The molecule has 5 heteroatoms. The van der Waals surface area contributed by atoms with Gasteiger partial charge in [-0.2, -0.15) is 0 Å². The van der Waals surface area contributed by atoms with Crippen molar-refractivity contribution in [3.05, 3.63) is 29.8 Å². The molecule has 1 rings (SSSR count). The highest BCUT2D eigenvalue weighted by Crippen LogP contribution is 2.13. The lowest BCUT2D eigenvalue weighted by molar-refractivity contribution is -0.116. The molecule has 0 aliphatic carbocycles. The molecule has 0 spiro atoms. The SMILES string of the molecule is CCNC(=NCc1cccc(NC(=O)CC(C)C)c1)NC(C)C(C)C. The van der Waals surface area contributed by atoms with Crippen LogP contribution in [0.2, 0.25) is 0 Å². The molecule has 3 N–H and O–H groups in total. The molecule has 5 nitrogen and oxygen atoms in total. The van der Waals surface area contributed by atoms with Gasteiger partial charge >= 0.3 is 0 Å². The topological polar surface area (TPSA) is 65.5 Å². The van der Waals surface area contributed by atoms with Crippen LogP contribution in [0.1, 0.15) is 53.5 Å².